The fourth-order valence-electron chi connectivity index (χ4n) is 1.93. The summed E-state index contributed by atoms with van der Waals surface area (Å²) >= 11 is 0. The topological polar surface area (TPSA) is 42.7 Å². The van der Waals surface area contributed by atoms with E-state index in [-0.39, 0.29) is 11.9 Å². The Morgan fingerprint density at radius 2 is 2.17 bits per heavy atom. The van der Waals surface area contributed by atoms with Crippen LogP contribution in [0.15, 0.2) is 30.5 Å². The quantitative estimate of drug-likeness (QED) is 0.880. The fourth-order valence-corrected chi connectivity index (χ4v) is 1.93. The van der Waals surface area contributed by atoms with Crippen LogP contribution < -0.4 is 5.32 Å². The van der Waals surface area contributed by atoms with E-state index in [0.717, 1.165) is 18.7 Å². The number of nitrogens with zero attached hydrogens (tertiary/aromatic N) is 3. The minimum atomic E-state index is -0.217. The molecule has 0 aliphatic carbocycles. The zero-order chi connectivity index (χ0) is 13.0. The van der Waals surface area contributed by atoms with Crippen molar-refractivity contribution in [1.29, 1.82) is 0 Å². The maximum Gasteiger partial charge on any atom is 0.128 e. The highest BCUT2D eigenvalue weighted by atomic mass is 19.1. The van der Waals surface area contributed by atoms with E-state index >= 15 is 0 Å². The van der Waals surface area contributed by atoms with Crippen LogP contribution in [0.4, 0.5) is 4.39 Å². The first-order valence-corrected chi connectivity index (χ1v) is 6.06. The molecule has 4 nitrogen and oxygen atoms in total. The normalized spacial score (nSPS) is 12.6. The third kappa shape index (κ3) is 2.56. The van der Waals surface area contributed by atoms with Crippen LogP contribution in [0.1, 0.15) is 30.6 Å². The monoisotopic (exact) mass is 248 g/mol. The summed E-state index contributed by atoms with van der Waals surface area (Å²) < 4.78 is 15.6. The fraction of sp³-hybridized carbons (Fsp3) is 0.385. The van der Waals surface area contributed by atoms with E-state index in [1.165, 1.54) is 6.07 Å². The van der Waals surface area contributed by atoms with E-state index in [9.17, 15) is 4.39 Å². The number of aryl methyl sites for hydroxylation is 1. The number of hydrogen-bond acceptors (Lipinski definition) is 3. The smallest absolute Gasteiger partial charge is 0.128 e. The van der Waals surface area contributed by atoms with Gasteiger partial charge in [-0.15, -0.1) is 5.10 Å². The molecular formula is C13H17FN4. The van der Waals surface area contributed by atoms with Gasteiger partial charge in [0.2, 0.25) is 0 Å². The highest BCUT2D eigenvalue weighted by molar-refractivity contribution is 5.28. The SMILES string of the molecule is CCCNC(c1ccccc1F)c1cnnn1C. The van der Waals surface area contributed by atoms with E-state index in [0.29, 0.717) is 5.56 Å². The van der Waals surface area contributed by atoms with Crippen LogP contribution in [-0.4, -0.2) is 21.5 Å². The molecule has 18 heavy (non-hydrogen) atoms. The summed E-state index contributed by atoms with van der Waals surface area (Å²) in [5, 5.41) is 11.1. The van der Waals surface area contributed by atoms with Crippen LogP contribution in [0.5, 0.6) is 0 Å². The van der Waals surface area contributed by atoms with Crippen molar-refractivity contribution in [3.8, 4) is 0 Å². The molecule has 2 rings (SSSR count). The van der Waals surface area contributed by atoms with E-state index in [2.05, 4.69) is 22.6 Å². The lowest BCUT2D eigenvalue weighted by atomic mass is 10.0. The number of aromatic nitrogens is 3. The third-order valence-corrected chi connectivity index (χ3v) is 2.86. The molecule has 0 radical (unpaired) electrons. The van der Waals surface area contributed by atoms with Gasteiger partial charge in [0.1, 0.15) is 5.82 Å². The Morgan fingerprint density at radius 3 is 2.78 bits per heavy atom. The molecule has 5 heteroatoms. The molecule has 2 aromatic rings. The first kappa shape index (κ1) is 12.7. The lowest BCUT2D eigenvalue weighted by Gasteiger charge is -2.19. The minimum Gasteiger partial charge on any atom is -0.305 e. The predicted octanol–water partition coefficient (Wildman–Crippen LogP) is 2.04. The molecule has 0 aliphatic rings. The van der Waals surface area contributed by atoms with E-state index < -0.39 is 0 Å². The van der Waals surface area contributed by atoms with Crippen molar-refractivity contribution < 1.29 is 4.39 Å². The van der Waals surface area contributed by atoms with Crippen molar-refractivity contribution in [2.45, 2.75) is 19.4 Å². The lowest BCUT2D eigenvalue weighted by Crippen LogP contribution is -2.26. The second kappa shape index (κ2) is 5.73. The zero-order valence-corrected chi connectivity index (χ0v) is 10.6. The van der Waals surface area contributed by atoms with Gasteiger partial charge in [-0.25, -0.2) is 4.39 Å². The largest absolute Gasteiger partial charge is 0.305 e. The van der Waals surface area contributed by atoms with Crippen molar-refractivity contribution in [2.24, 2.45) is 7.05 Å². The van der Waals surface area contributed by atoms with Gasteiger partial charge in [0.15, 0.2) is 0 Å². The molecule has 96 valence electrons. The summed E-state index contributed by atoms with van der Waals surface area (Å²) in [6.07, 6.45) is 2.65. The molecule has 0 fully saturated rings. The zero-order valence-electron chi connectivity index (χ0n) is 10.6. The van der Waals surface area contributed by atoms with Crippen molar-refractivity contribution in [2.75, 3.05) is 6.54 Å². The predicted molar refractivity (Wildman–Crippen MR) is 67.5 cm³/mol. The van der Waals surface area contributed by atoms with Crippen LogP contribution in [0.2, 0.25) is 0 Å². The molecule has 1 aromatic heterocycles. The van der Waals surface area contributed by atoms with Gasteiger partial charge in [-0.3, -0.25) is 4.68 Å². The highest BCUT2D eigenvalue weighted by Crippen LogP contribution is 2.23. The molecule has 0 spiro atoms. The maximum absolute atomic E-state index is 13.9. The number of halogens is 1. The van der Waals surface area contributed by atoms with Gasteiger partial charge in [0, 0.05) is 12.6 Å². The Balaban J connectivity index is 2.37. The van der Waals surface area contributed by atoms with Crippen LogP contribution in [0.25, 0.3) is 0 Å². The van der Waals surface area contributed by atoms with Gasteiger partial charge < -0.3 is 5.32 Å². The van der Waals surface area contributed by atoms with Crippen LogP contribution in [-0.2, 0) is 7.05 Å². The van der Waals surface area contributed by atoms with Gasteiger partial charge in [0.25, 0.3) is 0 Å². The van der Waals surface area contributed by atoms with Gasteiger partial charge in [-0.05, 0) is 19.0 Å². The summed E-state index contributed by atoms with van der Waals surface area (Å²) in [6.45, 7) is 2.89. The maximum atomic E-state index is 13.9. The standard InChI is InChI=1S/C13H17FN4/c1-3-8-15-13(12-9-16-17-18(12)2)10-6-4-5-7-11(10)14/h4-7,9,13,15H,3,8H2,1-2H3. The molecular weight excluding hydrogens is 231 g/mol. The molecule has 0 saturated heterocycles. The molecule has 0 aliphatic heterocycles. The summed E-state index contributed by atoms with van der Waals surface area (Å²) in [6, 6.07) is 6.57. The van der Waals surface area contributed by atoms with Crippen molar-refractivity contribution >= 4 is 0 Å². The van der Waals surface area contributed by atoms with Gasteiger partial charge >= 0.3 is 0 Å². The second-order valence-corrected chi connectivity index (χ2v) is 4.19. The van der Waals surface area contributed by atoms with E-state index in [1.54, 1.807) is 23.0 Å². The Bertz CT molecular complexity index is 509. The Morgan fingerprint density at radius 1 is 1.39 bits per heavy atom. The summed E-state index contributed by atoms with van der Waals surface area (Å²) in [7, 11) is 1.81. The number of rotatable bonds is 5. The molecule has 0 amide bonds. The number of nitrogens with one attached hydrogen (secondary N) is 1. The van der Waals surface area contributed by atoms with Crippen LogP contribution in [0, 0.1) is 5.82 Å². The Hall–Kier alpha value is -1.75. The molecule has 1 unspecified atom stereocenters. The van der Waals surface area contributed by atoms with Crippen LogP contribution >= 0.6 is 0 Å². The second-order valence-electron chi connectivity index (χ2n) is 4.19. The molecule has 1 N–H and O–H groups in total. The number of benzene rings is 1. The van der Waals surface area contributed by atoms with E-state index in [4.69, 9.17) is 0 Å². The van der Waals surface area contributed by atoms with E-state index in [1.807, 2.05) is 13.1 Å². The van der Waals surface area contributed by atoms with Gasteiger partial charge in [0.05, 0.1) is 17.9 Å². The Kier molecular flexibility index (Phi) is 4.04. The molecule has 1 atom stereocenters. The summed E-state index contributed by atoms with van der Waals surface area (Å²) in [5.41, 5.74) is 1.48. The average Bonchev–Trinajstić information content (AvgIpc) is 2.78. The molecule has 1 heterocycles. The third-order valence-electron chi connectivity index (χ3n) is 2.86. The Labute approximate surface area is 106 Å². The molecule has 0 saturated carbocycles. The van der Waals surface area contributed by atoms with Gasteiger partial charge in [-0.1, -0.05) is 30.3 Å². The van der Waals surface area contributed by atoms with Crippen LogP contribution in [0.3, 0.4) is 0 Å². The first-order chi connectivity index (χ1) is 8.74. The van der Waals surface area contributed by atoms with Crippen molar-refractivity contribution in [3.63, 3.8) is 0 Å². The average molecular weight is 248 g/mol. The minimum absolute atomic E-state index is 0.215. The highest BCUT2D eigenvalue weighted by Gasteiger charge is 2.20. The van der Waals surface area contributed by atoms with Crippen molar-refractivity contribution in [3.05, 3.63) is 47.5 Å². The molecule has 1 aromatic carbocycles. The first-order valence-electron chi connectivity index (χ1n) is 6.06. The number of hydrogen-bond donors (Lipinski definition) is 1. The molecule has 0 bridgehead atoms. The summed E-state index contributed by atoms with van der Waals surface area (Å²) in [4.78, 5) is 0. The van der Waals surface area contributed by atoms with Gasteiger partial charge in [-0.2, -0.15) is 0 Å². The van der Waals surface area contributed by atoms with Crippen molar-refractivity contribution in [1.82, 2.24) is 20.3 Å². The summed E-state index contributed by atoms with van der Waals surface area (Å²) in [5.74, 6) is -0.215. The lowest BCUT2D eigenvalue weighted by molar-refractivity contribution is 0.519.